The van der Waals surface area contributed by atoms with Crippen LogP contribution in [0.5, 0.6) is 0 Å². The van der Waals surface area contributed by atoms with Crippen molar-refractivity contribution in [2.45, 2.75) is 0 Å². The molecule has 2 aromatic heterocycles. The van der Waals surface area contributed by atoms with E-state index in [0.717, 1.165) is 21.1 Å². The summed E-state index contributed by atoms with van der Waals surface area (Å²) in [5.74, 6) is 0.139. The Morgan fingerprint density at radius 3 is 2.80 bits per heavy atom. The quantitative estimate of drug-likeness (QED) is 0.350. The van der Waals surface area contributed by atoms with Gasteiger partial charge in [-0.2, -0.15) is 5.10 Å². The summed E-state index contributed by atoms with van der Waals surface area (Å²) in [5.41, 5.74) is 2.50. The topological polar surface area (TPSA) is 48.0 Å². The monoisotopic (exact) mass is 392 g/mol. The standard InChI is InChI=1S/C20H13BrN2O2/c21-16-7-9-19-15(10-16)11-20(25-19)18(24)8-6-14-12-22-23(13-14)17-4-2-1-3-5-17/h1-13H/b8-6+. The number of hydrogen-bond donors (Lipinski definition) is 0. The lowest BCUT2D eigenvalue weighted by molar-refractivity contribution is 0.102. The van der Waals surface area contributed by atoms with Crippen molar-refractivity contribution in [3.8, 4) is 5.69 Å². The molecule has 0 saturated carbocycles. The van der Waals surface area contributed by atoms with Crippen LogP contribution in [0.4, 0.5) is 0 Å². The molecule has 4 rings (SSSR count). The Labute approximate surface area is 152 Å². The molecule has 0 N–H and O–H groups in total. The Morgan fingerprint density at radius 2 is 1.96 bits per heavy atom. The van der Waals surface area contributed by atoms with Crippen LogP contribution in [0.2, 0.25) is 0 Å². The minimum absolute atomic E-state index is 0.181. The van der Waals surface area contributed by atoms with Gasteiger partial charge in [-0.05, 0) is 48.6 Å². The fraction of sp³-hybridized carbons (Fsp3) is 0. The van der Waals surface area contributed by atoms with Crippen LogP contribution in [0.1, 0.15) is 16.1 Å². The molecule has 0 atom stereocenters. The highest BCUT2D eigenvalue weighted by atomic mass is 79.9. The summed E-state index contributed by atoms with van der Waals surface area (Å²) in [7, 11) is 0. The maximum atomic E-state index is 12.3. The van der Waals surface area contributed by atoms with E-state index in [1.54, 1.807) is 23.0 Å². The minimum atomic E-state index is -0.181. The van der Waals surface area contributed by atoms with E-state index in [2.05, 4.69) is 21.0 Å². The summed E-state index contributed by atoms with van der Waals surface area (Å²) in [4.78, 5) is 12.3. The van der Waals surface area contributed by atoms with Crippen LogP contribution in [0.15, 0.2) is 82.0 Å². The molecular formula is C20H13BrN2O2. The lowest BCUT2D eigenvalue weighted by Crippen LogP contribution is -1.92. The molecule has 0 saturated heterocycles. The minimum Gasteiger partial charge on any atom is -0.453 e. The second-order valence-corrected chi connectivity index (χ2v) is 6.46. The zero-order valence-electron chi connectivity index (χ0n) is 13.1. The van der Waals surface area contributed by atoms with Crippen LogP contribution < -0.4 is 0 Å². The second-order valence-electron chi connectivity index (χ2n) is 5.54. The molecule has 5 heteroatoms. The fourth-order valence-electron chi connectivity index (χ4n) is 2.53. The van der Waals surface area contributed by atoms with Crippen LogP contribution in [0.25, 0.3) is 22.7 Å². The summed E-state index contributed by atoms with van der Waals surface area (Å²) in [6.07, 6.45) is 6.82. The van der Waals surface area contributed by atoms with Gasteiger partial charge in [0.05, 0.1) is 11.9 Å². The largest absolute Gasteiger partial charge is 0.453 e. The molecule has 0 aliphatic carbocycles. The Bertz CT molecular complexity index is 1080. The van der Waals surface area contributed by atoms with Gasteiger partial charge in [0.15, 0.2) is 5.76 Å². The molecule has 0 unspecified atom stereocenters. The first-order valence-electron chi connectivity index (χ1n) is 7.71. The van der Waals surface area contributed by atoms with Crippen LogP contribution in [-0.4, -0.2) is 15.6 Å². The second kappa shape index (κ2) is 6.53. The van der Waals surface area contributed by atoms with Gasteiger partial charge in [0, 0.05) is 21.6 Å². The number of fused-ring (bicyclic) bond motifs is 1. The van der Waals surface area contributed by atoms with Crippen LogP contribution >= 0.6 is 15.9 Å². The molecule has 0 aliphatic rings. The van der Waals surface area contributed by atoms with E-state index < -0.39 is 0 Å². The first-order chi connectivity index (χ1) is 12.2. The lowest BCUT2D eigenvalue weighted by Gasteiger charge is -1.98. The van der Waals surface area contributed by atoms with Gasteiger partial charge in [-0.25, -0.2) is 4.68 Å². The molecule has 4 nitrogen and oxygen atoms in total. The molecule has 2 heterocycles. The Balaban J connectivity index is 1.54. The molecule has 0 fully saturated rings. The Kier molecular flexibility index (Phi) is 4.07. The SMILES string of the molecule is O=C(/C=C/c1cnn(-c2ccccc2)c1)c1cc2cc(Br)ccc2o1. The number of carbonyl (C=O) groups is 1. The third kappa shape index (κ3) is 3.32. The molecule has 0 aliphatic heterocycles. The molecular weight excluding hydrogens is 380 g/mol. The highest BCUT2D eigenvalue weighted by molar-refractivity contribution is 9.10. The van der Waals surface area contributed by atoms with E-state index in [1.165, 1.54) is 6.08 Å². The maximum Gasteiger partial charge on any atom is 0.221 e. The number of ketones is 1. The van der Waals surface area contributed by atoms with Crippen LogP contribution in [0.3, 0.4) is 0 Å². The van der Waals surface area contributed by atoms with Crippen molar-refractivity contribution in [2.75, 3.05) is 0 Å². The number of aromatic nitrogens is 2. The fourth-order valence-corrected chi connectivity index (χ4v) is 2.91. The molecule has 4 aromatic rings. The zero-order chi connectivity index (χ0) is 17.2. The van der Waals surface area contributed by atoms with Gasteiger partial charge in [-0.15, -0.1) is 0 Å². The predicted octanol–water partition coefficient (Wildman–Crippen LogP) is 5.28. The predicted molar refractivity (Wildman–Crippen MR) is 101 cm³/mol. The molecule has 0 spiro atoms. The molecule has 25 heavy (non-hydrogen) atoms. The number of furan rings is 1. The van der Waals surface area contributed by atoms with Gasteiger partial charge in [0.25, 0.3) is 0 Å². The van der Waals surface area contributed by atoms with Crippen molar-refractivity contribution in [1.29, 1.82) is 0 Å². The van der Waals surface area contributed by atoms with E-state index >= 15 is 0 Å². The average molecular weight is 393 g/mol. The third-order valence-corrected chi connectivity index (χ3v) is 4.26. The van der Waals surface area contributed by atoms with E-state index in [-0.39, 0.29) is 5.78 Å². The number of rotatable bonds is 4. The third-order valence-electron chi connectivity index (χ3n) is 3.77. The van der Waals surface area contributed by atoms with Gasteiger partial charge >= 0.3 is 0 Å². The highest BCUT2D eigenvalue weighted by Gasteiger charge is 2.10. The normalized spacial score (nSPS) is 11.4. The van der Waals surface area contributed by atoms with Crippen molar-refractivity contribution >= 4 is 38.8 Å². The Hall–Kier alpha value is -2.92. The molecule has 2 aromatic carbocycles. The highest BCUT2D eigenvalue weighted by Crippen LogP contribution is 2.24. The number of para-hydroxylation sites is 1. The van der Waals surface area contributed by atoms with Crippen LogP contribution in [0, 0.1) is 0 Å². The summed E-state index contributed by atoms with van der Waals surface area (Å²) in [6.45, 7) is 0. The van der Waals surface area contributed by atoms with Gasteiger partial charge in [0.1, 0.15) is 5.58 Å². The summed E-state index contributed by atoms with van der Waals surface area (Å²) in [5, 5.41) is 5.20. The average Bonchev–Trinajstić information content (AvgIpc) is 3.27. The first-order valence-corrected chi connectivity index (χ1v) is 8.50. The number of allylic oxidation sites excluding steroid dienone is 1. The van der Waals surface area contributed by atoms with E-state index in [9.17, 15) is 4.79 Å². The number of nitrogens with zero attached hydrogens (tertiary/aromatic N) is 2. The molecule has 122 valence electrons. The van der Waals surface area contributed by atoms with E-state index in [1.807, 2.05) is 54.7 Å². The molecule has 0 amide bonds. The van der Waals surface area contributed by atoms with E-state index in [0.29, 0.717) is 11.3 Å². The van der Waals surface area contributed by atoms with Crippen LogP contribution in [-0.2, 0) is 0 Å². The summed E-state index contributed by atoms with van der Waals surface area (Å²) < 4.78 is 8.32. The van der Waals surface area contributed by atoms with Gasteiger partial charge in [-0.3, -0.25) is 4.79 Å². The van der Waals surface area contributed by atoms with E-state index in [4.69, 9.17) is 4.42 Å². The lowest BCUT2D eigenvalue weighted by atomic mass is 10.2. The van der Waals surface area contributed by atoms with Gasteiger partial charge in [-0.1, -0.05) is 34.1 Å². The number of halogens is 1. The number of hydrogen-bond acceptors (Lipinski definition) is 3. The van der Waals surface area contributed by atoms with Crippen molar-refractivity contribution < 1.29 is 9.21 Å². The van der Waals surface area contributed by atoms with Crippen molar-refractivity contribution in [1.82, 2.24) is 9.78 Å². The zero-order valence-corrected chi connectivity index (χ0v) is 14.7. The summed E-state index contributed by atoms with van der Waals surface area (Å²) in [6, 6.07) is 17.2. The maximum absolute atomic E-state index is 12.3. The smallest absolute Gasteiger partial charge is 0.221 e. The van der Waals surface area contributed by atoms with Crippen molar-refractivity contribution in [3.05, 3.63) is 88.9 Å². The Morgan fingerprint density at radius 1 is 1.12 bits per heavy atom. The molecule has 0 radical (unpaired) electrons. The molecule has 0 bridgehead atoms. The van der Waals surface area contributed by atoms with Crippen molar-refractivity contribution in [2.24, 2.45) is 0 Å². The first kappa shape index (κ1) is 15.6. The van der Waals surface area contributed by atoms with Gasteiger partial charge in [0.2, 0.25) is 5.78 Å². The summed E-state index contributed by atoms with van der Waals surface area (Å²) >= 11 is 3.41. The van der Waals surface area contributed by atoms with Gasteiger partial charge < -0.3 is 4.42 Å². The number of benzene rings is 2. The van der Waals surface area contributed by atoms with Crippen molar-refractivity contribution in [3.63, 3.8) is 0 Å². The number of carbonyl (C=O) groups excluding carboxylic acids is 1.